The molecule has 1 aromatic rings. The molecule has 0 radical (unpaired) electrons. The van der Waals surface area contributed by atoms with Crippen LogP contribution in [0.4, 0.5) is 4.39 Å². The molecule has 0 spiro atoms. The van der Waals surface area contributed by atoms with Crippen molar-refractivity contribution in [3.63, 3.8) is 0 Å². The number of hydrogen-bond donors (Lipinski definition) is 1. The fourth-order valence-corrected chi connectivity index (χ4v) is 1.20. The summed E-state index contributed by atoms with van der Waals surface area (Å²) in [7, 11) is 0. The predicted octanol–water partition coefficient (Wildman–Crippen LogP) is 1.75. The Hall–Kier alpha value is -1.89. The number of halogens is 1. The monoisotopic (exact) mass is 220 g/mol. The first-order valence-electron chi connectivity index (χ1n) is 5.07. The minimum absolute atomic E-state index is 0.282. The highest BCUT2D eigenvalue weighted by Crippen LogP contribution is 2.00. The third-order valence-electron chi connectivity index (χ3n) is 2.02. The van der Waals surface area contributed by atoms with Gasteiger partial charge < -0.3 is 5.32 Å². The molecule has 0 aliphatic heterocycles. The maximum Gasteiger partial charge on any atom is 0.251 e. The Bertz CT molecular complexity index is 398. The van der Waals surface area contributed by atoms with Crippen molar-refractivity contribution in [2.24, 2.45) is 0 Å². The predicted molar refractivity (Wildman–Crippen MR) is 59.2 cm³/mol. The van der Waals surface area contributed by atoms with Crippen molar-refractivity contribution < 1.29 is 9.18 Å². The summed E-state index contributed by atoms with van der Waals surface area (Å²) in [6.45, 7) is 0.546. The van der Waals surface area contributed by atoms with Crippen molar-refractivity contribution in [2.75, 3.05) is 6.54 Å². The van der Waals surface area contributed by atoms with Crippen LogP contribution in [0.5, 0.6) is 0 Å². The summed E-state index contributed by atoms with van der Waals surface area (Å²) in [6.07, 6.45) is 8.77. The highest BCUT2D eigenvalue weighted by atomic mass is 19.1. The topological polar surface area (TPSA) is 42.0 Å². The second-order valence-electron chi connectivity index (χ2n) is 3.28. The van der Waals surface area contributed by atoms with Crippen LogP contribution in [-0.4, -0.2) is 17.4 Å². The number of carbonyl (C=O) groups excluding carboxylic acids is 1. The number of aromatic nitrogens is 1. The van der Waals surface area contributed by atoms with E-state index >= 15 is 0 Å². The first kappa shape index (κ1) is 12.2. The molecule has 0 bridgehead atoms. The number of carbonyl (C=O) groups is 1. The minimum atomic E-state index is -0.653. The quantitative estimate of drug-likeness (QED) is 0.466. The van der Waals surface area contributed by atoms with Gasteiger partial charge in [-0.1, -0.05) is 0 Å². The Morgan fingerprint density at radius 2 is 2.38 bits per heavy atom. The van der Waals surface area contributed by atoms with Crippen LogP contribution in [0.15, 0.2) is 18.3 Å². The van der Waals surface area contributed by atoms with Gasteiger partial charge in [0.2, 0.25) is 5.95 Å². The molecule has 0 saturated carbocycles. The standard InChI is InChI=1S/C12H13FN2O/c1-2-3-4-5-7-15-12(16)10-6-8-14-11(13)9-10/h1,6,8-9H,3-5,7H2,(H,15,16). The molecule has 1 amide bonds. The summed E-state index contributed by atoms with van der Waals surface area (Å²) in [5.74, 6) is 1.58. The van der Waals surface area contributed by atoms with Gasteiger partial charge in [-0.15, -0.1) is 12.3 Å². The van der Waals surface area contributed by atoms with Crippen LogP contribution in [0.25, 0.3) is 0 Å². The number of rotatable bonds is 5. The van der Waals surface area contributed by atoms with Crippen molar-refractivity contribution in [1.29, 1.82) is 0 Å². The molecule has 1 rings (SSSR count). The summed E-state index contributed by atoms with van der Waals surface area (Å²) in [5, 5.41) is 2.68. The maximum absolute atomic E-state index is 12.7. The van der Waals surface area contributed by atoms with Gasteiger partial charge in [0, 0.05) is 30.8 Å². The third kappa shape index (κ3) is 4.09. The summed E-state index contributed by atoms with van der Waals surface area (Å²) in [4.78, 5) is 14.9. The van der Waals surface area contributed by atoms with Crippen molar-refractivity contribution >= 4 is 5.91 Å². The Morgan fingerprint density at radius 3 is 3.06 bits per heavy atom. The molecule has 84 valence electrons. The lowest BCUT2D eigenvalue weighted by molar-refractivity contribution is 0.0952. The lowest BCUT2D eigenvalue weighted by Crippen LogP contribution is -2.24. The number of amides is 1. The Kier molecular flexibility index (Phi) is 5.00. The van der Waals surface area contributed by atoms with E-state index in [2.05, 4.69) is 16.2 Å². The highest BCUT2D eigenvalue weighted by molar-refractivity contribution is 5.93. The molecule has 0 atom stereocenters. The molecule has 16 heavy (non-hydrogen) atoms. The van der Waals surface area contributed by atoms with Crippen LogP contribution < -0.4 is 5.32 Å². The van der Waals surface area contributed by atoms with Gasteiger partial charge in [0.05, 0.1) is 0 Å². The second-order valence-corrected chi connectivity index (χ2v) is 3.28. The van der Waals surface area contributed by atoms with Gasteiger partial charge >= 0.3 is 0 Å². The number of unbranched alkanes of at least 4 members (excludes halogenated alkanes) is 2. The number of pyridine rings is 1. The highest BCUT2D eigenvalue weighted by Gasteiger charge is 2.05. The number of nitrogens with zero attached hydrogens (tertiary/aromatic N) is 1. The van der Waals surface area contributed by atoms with Crippen LogP contribution in [-0.2, 0) is 0 Å². The van der Waals surface area contributed by atoms with Crippen LogP contribution in [0.3, 0.4) is 0 Å². The molecule has 1 heterocycles. The van der Waals surface area contributed by atoms with Gasteiger partial charge in [0.15, 0.2) is 0 Å². The molecule has 0 saturated heterocycles. The van der Waals surface area contributed by atoms with E-state index in [0.29, 0.717) is 13.0 Å². The summed E-state index contributed by atoms with van der Waals surface area (Å²) in [6, 6.07) is 2.58. The first-order valence-corrected chi connectivity index (χ1v) is 5.07. The van der Waals surface area contributed by atoms with E-state index < -0.39 is 5.95 Å². The van der Waals surface area contributed by atoms with Gasteiger partial charge in [-0.3, -0.25) is 4.79 Å². The molecular weight excluding hydrogens is 207 g/mol. The van der Waals surface area contributed by atoms with Crippen molar-refractivity contribution in [3.8, 4) is 12.3 Å². The molecule has 0 aliphatic rings. The fraction of sp³-hybridized carbons (Fsp3) is 0.333. The average molecular weight is 220 g/mol. The third-order valence-corrected chi connectivity index (χ3v) is 2.02. The summed E-state index contributed by atoms with van der Waals surface area (Å²) in [5.41, 5.74) is 0.282. The van der Waals surface area contributed by atoms with Gasteiger partial charge in [0.25, 0.3) is 5.91 Å². The molecule has 0 aliphatic carbocycles. The molecule has 0 fully saturated rings. The van der Waals surface area contributed by atoms with E-state index in [-0.39, 0.29) is 11.5 Å². The molecular formula is C12H13FN2O. The lowest BCUT2D eigenvalue weighted by Gasteiger charge is -2.03. The van der Waals surface area contributed by atoms with E-state index in [1.807, 2.05) is 0 Å². The van der Waals surface area contributed by atoms with Crippen molar-refractivity contribution in [1.82, 2.24) is 10.3 Å². The van der Waals surface area contributed by atoms with Crippen LogP contribution in [0, 0.1) is 18.3 Å². The Labute approximate surface area is 94.1 Å². The number of terminal acetylenes is 1. The Balaban J connectivity index is 2.33. The van der Waals surface area contributed by atoms with Crippen LogP contribution in [0.1, 0.15) is 29.6 Å². The maximum atomic E-state index is 12.7. The normalized spacial score (nSPS) is 9.50. The largest absolute Gasteiger partial charge is 0.352 e. The number of hydrogen-bond acceptors (Lipinski definition) is 2. The van der Waals surface area contributed by atoms with Gasteiger partial charge in [-0.05, 0) is 18.9 Å². The molecule has 1 aromatic heterocycles. The molecule has 1 N–H and O–H groups in total. The van der Waals surface area contributed by atoms with E-state index in [4.69, 9.17) is 6.42 Å². The Morgan fingerprint density at radius 1 is 1.56 bits per heavy atom. The van der Waals surface area contributed by atoms with E-state index in [9.17, 15) is 9.18 Å². The average Bonchev–Trinajstić information content (AvgIpc) is 2.28. The van der Waals surface area contributed by atoms with Crippen LogP contribution in [0.2, 0.25) is 0 Å². The van der Waals surface area contributed by atoms with Crippen molar-refractivity contribution in [3.05, 3.63) is 29.8 Å². The smallest absolute Gasteiger partial charge is 0.251 e. The molecule has 3 nitrogen and oxygen atoms in total. The molecule has 4 heteroatoms. The summed E-state index contributed by atoms with van der Waals surface area (Å²) < 4.78 is 12.7. The first-order chi connectivity index (χ1) is 7.74. The summed E-state index contributed by atoms with van der Waals surface area (Å²) >= 11 is 0. The zero-order valence-corrected chi connectivity index (χ0v) is 8.87. The van der Waals surface area contributed by atoms with Gasteiger partial charge in [0.1, 0.15) is 0 Å². The molecule has 0 unspecified atom stereocenters. The van der Waals surface area contributed by atoms with E-state index in [1.54, 1.807) is 0 Å². The van der Waals surface area contributed by atoms with Gasteiger partial charge in [-0.25, -0.2) is 4.98 Å². The second kappa shape index (κ2) is 6.57. The zero-order chi connectivity index (χ0) is 11.8. The zero-order valence-electron chi connectivity index (χ0n) is 8.87. The fourth-order valence-electron chi connectivity index (χ4n) is 1.20. The number of nitrogens with one attached hydrogen (secondary N) is 1. The lowest BCUT2D eigenvalue weighted by atomic mass is 10.2. The van der Waals surface area contributed by atoms with E-state index in [0.717, 1.165) is 18.9 Å². The van der Waals surface area contributed by atoms with Crippen LogP contribution >= 0.6 is 0 Å². The SMILES string of the molecule is C#CCCCCNC(=O)c1ccnc(F)c1. The van der Waals surface area contributed by atoms with Gasteiger partial charge in [-0.2, -0.15) is 4.39 Å². The van der Waals surface area contributed by atoms with E-state index in [1.165, 1.54) is 12.3 Å². The molecule has 0 aromatic carbocycles. The van der Waals surface area contributed by atoms with Crippen molar-refractivity contribution in [2.45, 2.75) is 19.3 Å². The minimum Gasteiger partial charge on any atom is -0.352 e.